The van der Waals surface area contributed by atoms with Gasteiger partial charge in [0.25, 0.3) is 0 Å². The summed E-state index contributed by atoms with van der Waals surface area (Å²) in [5, 5.41) is 11.5. The zero-order chi connectivity index (χ0) is 24.6. The van der Waals surface area contributed by atoms with E-state index in [0.717, 1.165) is 4.31 Å². The lowest BCUT2D eigenvalue weighted by molar-refractivity contribution is 0.284. The van der Waals surface area contributed by atoms with E-state index in [0.29, 0.717) is 29.8 Å². The third kappa shape index (κ3) is 4.80. The van der Waals surface area contributed by atoms with E-state index in [9.17, 15) is 16.8 Å². The van der Waals surface area contributed by atoms with Crippen LogP contribution in [0, 0.1) is 0 Å². The van der Waals surface area contributed by atoms with E-state index in [-0.39, 0.29) is 12.5 Å². The number of nitrogens with two attached hydrogens (primary N) is 1. The van der Waals surface area contributed by atoms with Gasteiger partial charge in [0, 0.05) is 24.6 Å². The monoisotopic (exact) mass is 504 g/mol. The molecule has 1 saturated carbocycles. The summed E-state index contributed by atoms with van der Waals surface area (Å²) in [4.78, 5) is 4.31. The second-order valence-electron chi connectivity index (χ2n) is 8.42. The number of rotatable bonds is 8. The second kappa shape index (κ2) is 9.02. The van der Waals surface area contributed by atoms with Crippen molar-refractivity contribution in [3.05, 3.63) is 72.4 Å². The molecule has 12 heteroatoms. The summed E-state index contributed by atoms with van der Waals surface area (Å²) in [5.74, 6) is -0.0556. The number of hydrogen-bond acceptors (Lipinski definition) is 7. The minimum Gasteiger partial charge on any atom is -0.357 e. The average molecular weight is 505 g/mol. The van der Waals surface area contributed by atoms with Gasteiger partial charge in [-0.05, 0) is 49.6 Å². The van der Waals surface area contributed by atoms with Crippen molar-refractivity contribution in [2.24, 2.45) is 10.1 Å². The van der Waals surface area contributed by atoms with Crippen LogP contribution in [0.15, 0.2) is 77.4 Å². The molecule has 1 heterocycles. The van der Waals surface area contributed by atoms with Gasteiger partial charge in [-0.2, -0.15) is 12.7 Å². The van der Waals surface area contributed by atoms with Crippen molar-refractivity contribution < 1.29 is 16.8 Å². The van der Waals surface area contributed by atoms with Gasteiger partial charge in [-0.25, -0.2) is 22.9 Å². The smallest absolute Gasteiger partial charge is 0.303 e. The SMILES string of the molecule is CC1=CN=C(Nc2ccccc2)N(S(N)(=O)=O)C1(CN(C)S(=O)(=O)C1CC1)Nc1ccccc1. The molecule has 10 nitrogen and oxygen atoms in total. The quantitative estimate of drug-likeness (QED) is 0.504. The van der Waals surface area contributed by atoms with Crippen molar-refractivity contribution in [1.29, 1.82) is 0 Å². The molecule has 0 spiro atoms. The standard InChI is InChI=1S/C22H28N6O4S2/c1-17-15-24-21(25-18-9-5-3-6-10-18)28(34(23,31)32)22(17,26-19-11-7-4-8-12-19)16-27(2)33(29,30)20-13-14-20/h3-12,15,20,26H,13-14,16H2,1-2H3,(H,24,25)(H2,23,31,32). The summed E-state index contributed by atoms with van der Waals surface area (Å²) in [6.45, 7) is 1.46. The molecule has 0 radical (unpaired) electrons. The van der Waals surface area contributed by atoms with Crippen LogP contribution in [0.3, 0.4) is 0 Å². The second-order valence-corrected chi connectivity index (χ2v) is 12.1. The van der Waals surface area contributed by atoms with Gasteiger partial charge in [-0.1, -0.05) is 36.4 Å². The number of nitrogens with zero attached hydrogens (tertiary/aromatic N) is 3. The van der Waals surface area contributed by atoms with Crippen molar-refractivity contribution in [3.63, 3.8) is 0 Å². The Morgan fingerprint density at radius 3 is 2.12 bits per heavy atom. The Labute approximate surface area is 200 Å². The number of likely N-dealkylation sites (N-methyl/N-ethyl adjacent to an activating group) is 1. The van der Waals surface area contributed by atoms with Crippen LogP contribution in [0.4, 0.5) is 11.4 Å². The van der Waals surface area contributed by atoms with Gasteiger partial charge in [-0.3, -0.25) is 0 Å². The number of guanidine groups is 1. The van der Waals surface area contributed by atoms with E-state index >= 15 is 0 Å². The summed E-state index contributed by atoms with van der Waals surface area (Å²) >= 11 is 0. The molecule has 1 aliphatic carbocycles. The van der Waals surface area contributed by atoms with E-state index in [4.69, 9.17) is 5.14 Å². The first kappa shape index (κ1) is 24.2. The summed E-state index contributed by atoms with van der Waals surface area (Å²) in [6, 6.07) is 17.9. The Hall–Kier alpha value is -2.93. The Kier molecular flexibility index (Phi) is 6.42. The number of sulfonamides is 1. The van der Waals surface area contributed by atoms with Crippen LogP contribution >= 0.6 is 0 Å². The number of nitrogens with one attached hydrogen (secondary N) is 2. The van der Waals surface area contributed by atoms with Crippen LogP contribution in [-0.2, 0) is 20.2 Å². The third-order valence-corrected chi connectivity index (χ3v) is 9.12. The van der Waals surface area contributed by atoms with Crippen molar-refractivity contribution in [1.82, 2.24) is 8.61 Å². The van der Waals surface area contributed by atoms with Crippen LogP contribution in [0.2, 0.25) is 0 Å². The molecule has 2 aromatic carbocycles. The number of benzene rings is 2. The predicted molar refractivity (Wildman–Crippen MR) is 134 cm³/mol. The lowest BCUT2D eigenvalue weighted by Crippen LogP contribution is -2.68. The highest BCUT2D eigenvalue weighted by Gasteiger charge is 2.51. The van der Waals surface area contributed by atoms with E-state index in [2.05, 4.69) is 15.6 Å². The topological polar surface area (TPSA) is 137 Å². The number of anilines is 2. The molecule has 1 atom stereocenters. The maximum absolute atomic E-state index is 13.1. The maximum Gasteiger partial charge on any atom is 0.303 e. The molecule has 2 aliphatic rings. The first-order chi connectivity index (χ1) is 16.0. The first-order valence-corrected chi connectivity index (χ1v) is 13.7. The van der Waals surface area contributed by atoms with Crippen molar-refractivity contribution in [2.75, 3.05) is 24.2 Å². The third-order valence-electron chi connectivity index (χ3n) is 5.81. The molecule has 1 aliphatic heterocycles. The fraction of sp³-hybridized carbons (Fsp3) is 0.318. The van der Waals surface area contributed by atoms with Gasteiger partial charge in [0.2, 0.25) is 16.0 Å². The summed E-state index contributed by atoms with van der Waals surface area (Å²) in [6.07, 6.45) is 2.68. The molecule has 34 heavy (non-hydrogen) atoms. The van der Waals surface area contributed by atoms with Crippen molar-refractivity contribution in [3.8, 4) is 0 Å². The summed E-state index contributed by atoms with van der Waals surface area (Å²) in [5.41, 5.74) is 0.0733. The van der Waals surface area contributed by atoms with E-state index in [1.165, 1.54) is 17.6 Å². The lowest BCUT2D eigenvalue weighted by Gasteiger charge is -2.47. The minimum atomic E-state index is -4.44. The molecule has 0 aromatic heterocycles. The summed E-state index contributed by atoms with van der Waals surface area (Å²) < 4.78 is 54.3. The molecule has 0 saturated heterocycles. The van der Waals surface area contributed by atoms with Gasteiger partial charge in [-0.15, -0.1) is 0 Å². The van der Waals surface area contributed by atoms with Gasteiger partial charge in [0.05, 0.1) is 11.8 Å². The highest BCUT2D eigenvalue weighted by Crippen LogP contribution is 2.36. The van der Waals surface area contributed by atoms with E-state index in [1.54, 1.807) is 55.5 Å². The summed E-state index contributed by atoms with van der Waals surface area (Å²) in [7, 11) is -6.61. The maximum atomic E-state index is 13.1. The van der Waals surface area contributed by atoms with Crippen molar-refractivity contribution >= 4 is 37.6 Å². The Morgan fingerprint density at radius 2 is 1.59 bits per heavy atom. The Bertz CT molecular complexity index is 1310. The molecule has 1 fully saturated rings. The first-order valence-electron chi connectivity index (χ1n) is 10.7. The van der Waals surface area contributed by atoms with Crippen LogP contribution < -0.4 is 15.8 Å². The zero-order valence-electron chi connectivity index (χ0n) is 18.9. The van der Waals surface area contributed by atoms with Crippen LogP contribution in [0.5, 0.6) is 0 Å². The predicted octanol–water partition coefficient (Wildman–Crippen LogP) is 2.11. The fourth-order valence-electron chi connectivity index (χ4n) is 3.90. The van der Waals surface area contributed by atoms with Crippen LogP contribution in [0.1, 0.15) is 19.8 Å². The molecular weight excluding hydrogens is 476 g/mol. The highest BCUT2D eigenvalue weighted by molar-refractivity contribution is 7.90. The number of para-hydroxylation sites is 2. The number of aliphatic imine (C=N–C) groups is 1. The highest BCUT2D eigenvalue weighted by atomic mass is 32.2. The molecule has 0 bridgehead atoms. The average Bonchev–Trinajstić information content (AvgIpc) is 3.63. The molecule has 0 amide bonds. The molecule has 1 unspecified atom stereocenters. The fourth-order valence-corrected chi connectivity index (χ4v) is 6.52. The zero-order valence-corrected chi connectivity index (χ0v) is 20.6. The van der Waals surface area contributed by atoms with Gasteiger partial charge in [0.15, 0.2) is 5.66 Å². The molecule has 2 aromatic rings. The molecule has 4 rings (SSSR count). The molecular formula is C22H28N6O4S2. The Balaban J connectivity index is 1.84. The van der Waals surface area contributed by atoms with Crippen LogP contribution in [-0.4, -0.2) is 55.9 Å². The largest absolute Gasteiger partial charge is 0.357 e. The normalized spacial score (nSPS) is 21.1. The Morgan fingerprint density at radius 1 is 1.03 bits per heavy atom. The van der Waals surface area contributed by atoms with Crippen molar-refractivity contribution in [2.45, 2.75) is 30.7 Å². The van der Waals surface area contributed by atoms with E-state index < -0.39 is 31.1 Å². The van der Waals surface area contributed by atoms with Gasteiger partial charge < -0.3 is 10.6 Å². The number of hydrogen-bond donors (Lipinski definition) is 3. The molecule has 182 valence electrons. The molecule has 4 N–H and O–H groups in total. The van der Waals surface area contributed by atoms with E-state index in [1.807, 2.05) is 12.1 Å². The van der Waals surface area contributed by atoms with Crippen LogP contribution in [0.25, 0.3) is 0 Å². The van der Waals surface area contributed by atoms with Gasteiger partial charge >= 0.3 is 10.2 Å². The van der Waals surface area contributed by atoms with Gasteiger partial charge in [0.1, 0.15) is 0 Å². The minimum absolute atomic E-state index is 0.0556. The lowest BCUT2D eigenvalue weighted by atomic mass is 9.99.